The van der Waals surface area contributed by atoms with Gasteiger partial charge in [0.25, 0.3) is 5.91 Å². The van der Waals surface area contributed by atoms with Gasteiger partial charge in [-0.25, -0.2) is 0 Å². The number of rotatable bonds is 3. The zero-order chi connectivity index (χ0) is 19.4. The van der Waals surface area contributed by atoms with Crippen LogP contribution in [0.5, 0.6) is 0 Å². The summed E-state index contributed by atoms with van der Waals surface area (Å²) < 4.78 is 5.55. The molecule has 3 rings (SSSR count). The van der Waals surface area contributed by atoms with Crippen molar-refractivity contribution < 1.29 is 29.6 Å². The molecule has 2 heterocycles. The van der Waals surface area contributed by atoms with E-state index < -0.39 is 36.9 Å². The van der Waals surface area contributed by atoms with Gasteiger partial charge in [-0.2, -0.15) is 4.99 Å². The lowest BCUT2D eigenvalue weighted by Gasteiger charge is -2.24. The molecule has 0 radical (unpaired) electrons. The minimum Gasteiger partial charge on any atom is -0.394 e. The SMILES string of the molecule is O=C1CCC([C@@H]2O[C@H](CO)C(O)C2O)C=CC(=NC(=O)c2ccccc2)N1. The fourth-order valence-electron chi connectivity index (χ4n) is 3.23. The molecule has 27 heavy (non-hydrogen) atoms. The quantitative estimate of drug-likeness (QED) is 0.580. The number of hydrogen-bond donors (Lipinski definition) is 4. The fraction of sp³-hybridized carbons (Fsp3) is 0.421. The minimum absolute atomic E-state index is 0.102. The van der Waals surface area contributed by atoms with Crippen molar-refractivity contribution in [1.82, 2.24) is 5.32 Å². The molecule has 2 aliphatic rings. The van der Waals surface area contributed by atoms with E-state index >= 15 is 0 Å². The van der Waals surface area contributed by atoms with Crippen LogP contribution in [-0.2, 0) is 9.53 Å². The van der Waals surface area contributed by atoms with Crippen LogP contribution in [0.2, 0.25) is 0 Å². The molecule has 8 heteroatoms. The standard InChI is InChI=1S/C19H22N2O6/c22-10-13-16(24)17(25)18(27-13)11-6-8-14(20-15(23)9-7-11)21-19(26)12-4-2-1-3-5-12/h1-6,8,11,13,16-18,22,24-25H,7,9-10H2,(H,20,21,23,26)/t11?,13-,16?,17?,18+/m1/s1. The van der Waals surface area contributed by atoms with Gasteiger partial charge in [-0.05, 0) is 24.6 Å². The molecule has 0 saturated carbocycles. The third kappa shape index (κ3) is 4.48. The summed E-state index contributed by atoms with van der Waals surface area (Å²) in [5.74, 6) is -1.07. The molecule has 5 atom stereocenters. The van der Waals surface area contributed by atoms with Crippen molar-refractivity contribution >= 4 is 17.6 Å². The number of aliphatic hydroxyl groups excluding tert-OH is 3. The van der Waals surface area contributed by atoms with Crippen LogP contribution in [0, 0.1) is 5.92 Å². The van der Waals surface area contributed by atoms with E-state index in [-0.39, 0.29) is 24.1 Å². The molecule has 1 aromatic carbocycles. The predicted octanol–water partition coefficient (Wildman–Crippen LogP) is -0.211. The van der Waals surface area contributed by atoms with Crippen LogP contribution in [0.1, 0.15) is 23.2 Å². The second kappa shape index (κ2) is 8.53. The summed E-state index contributed by atoms with van der Waals surface area (Å²) in [5.41, 5.74) is 0.398. The molecule has 0 aromatic heterocycles. The molecule has 0 aliphatic carbocycles. The van der Waals surface area contributed by atoms with Crippen molar-refractivity contribution in [2.24, 2.45) is 10.9 Å². The molecule has 2 aliphatic heterocycles. The Balaban J connectivity index is 1.79. The molecule has 1 fully saturated rings. The van der Waals surface area contributed by atoms with Gasteiger partial charge < -0.3 is 25.4 Å². The molecule has 1 aromatic rings. The maximum atomic E-state index is 12.2. The Labute approximate surface area is 156 Å². The summed E-state index contributed by atoms with van der Waals surface area (Å²) in [6.45, 7) is -0.413. The number of carbonyl (C=O) groups excluding carboxylic acids is 2. The number of amidine groups is 1. The number of carbonyl (C=O) groups is 2. The highest BCUT2D eigenvalue weighted by Gasteiger charge is 2.45. The summed E-state index contributed by atoms with van der Waals surface area (Å²) in [6, 6.07) is 8.48. The normalized spacial score (nSPS) is 32.8. The number of aliphatic hydroxyl groups is 3. The van der Waals surface area contributed by atoms with E-state index in [1.807, 2.05) is 0 Å². The lowest BCUT2D eigenvalue weighted by Crippen LogP contribution is -2.38. The van der Waals surface area contributed by atoms with Gasteiger partial charge in [-0.15, -0.1) is 0 Å². The van der Waals surface area contributed by atoms with E-state index in [0.717, 1.165) is 0 Å². The van der Waals surface area contributed by atoms with Crippen LogP contribution in [0.3, 0.4) is 0 Å². The Morgan fingerprint density at radius 2 is 1.96 bits per heavy atom. The first-order valence-corrected chi connectivity index (χ1v) is 8.78. The molecule has 0 spiro atoms. The number of aliphatic imine (C=N–C) groups is 1. The third-order valence-corrected chi connectivity index (χ3v) is 4.72. The van der Waals surface area contributed by atoms with Crippen LogP contribution >= 0.6 is 0 Å². The summed E-state index contributed by atoms with van der Waals surface area (Å²) in [7, 11) is 0. The van der Waals surface area contributed by atoms with Crippen molar-refractivity contribution in [3.05, 3.63) is 48.0 Å². The second-order valence-electron chi connectivity index (χ2n) is 6.58. The first-order valence-electron chi connectivity index (χ1n) is 8.78. The largest absolute Gasteiger partial charge is 0.394 e. The number of nitrogens with zero attached hydrogens (tertiary/aromatic N) is 1. The van der Waals surface area contributed by atoms with E-state index in [2.05, 4.69) is 10.3 Å². The molecule has 8 nitrogen and oxygen atoms in total. The molecule has 3 unspecified atom stereocenters. The zero-order valence-corrected chi connectivity index (χ0v) is 14.6. The highest BCUT2D eigenvalue weighted by Crippen LogP contribution is 2.30. The molecular weight excluding hydrogens is 352 g/mol. The summed E-state index contributed by atoms with van der Waals surface area (Å²) >= 11 is 0. The van der Waals surface area contributed by atoms with Crippen molar-refractivity contribution in [3.63, 3.8) is 0 Å². The number of benzene rings is 1. The Hall–Kier alpha value is -2.39. The van der Waals surface area contributed by atoms with Crippen molar-refractivity contribution in [2.45, 2.75) is 37.3 Å². The van der Waals surface area contributed by atoms with Crippen LogP contribution < -0.4 is 5.32 Å². The van der Waals surface area contributed by atoms with Gasteiger partial charge in [0.05, 0.1) is 12.7 Å². The van der Waals surface area contributed by atoms with Gasteiger partial charge in [-0.1, -0.05) is 24.3 Å². The maximum absolute atomic E-state index is 12.2. The minimum atomic E-state index is -1.19. The van der Waals surface area contributed by atoms with Crippen molar-refractivity contribution in [3.8, 4) is 0 Å². The highest BCUT2D eigenvalue weighted by molar-refractivity contribution is 6.11. The lowest BCUT2D eigenvalue weighted by atomic mass is 9.90. The van der Waals surface area contributed by atoms with E-state index in [9.17, 15) is 24.9 Å². The predicted molar refractivity (Wildman–Crippen MR) is 96.0 cm³/mol. The smallest absolute Gasteiger partial charge is 0.278 e. The molecule has 0 bridgehead atoms. The number of ether oxygens (including phenoxy) is 1. The Morgan fingerprint density at radius 3 is 2.63 bits per heavy atom. The van der Waals surface area contributed by atoms with E-state index in [1.54, 1.807) is 36.4 Å². The average molecular weight is 374 g/mol. The summed E-state index contributed by atoms with van der Waals surface area (Å²) in [4.78, 5) is 28.2. The van der Waals surface area contributed by atoms with Crippen LogP contribution in [0.25, 0.3) is 0 Å². The average Bonchev–Trinajstić information content (AvgIpc) is 2.95. The molecule has 2 amide bonds. The number of hydrogen-bond acceptors (Lipinski definition) is 6. The molecule has 1 saturated heterocycles. The van der Waals surface area contributed by atoms with E-state index in [1.165, 1.54) is 6.08 Å². The third-order valence-electron chi connectivity index (χ3n) is 4.72. The van der Waals surface area contributed by atoms with Crippen molar-refractivity contribution in [2.75, 3.05) is 6.61 Å². The van der Waals surface area contributed by atoms with Gasteiger partial charge in [0.1, 0.15) is 24.1 Å². The molecular formula is C19H22N2O6. The first-order chi connectivity index (χ1) is 13.0. The Kier molecular flexibility index (Phi) is 6.12. The zero-order valence-electron chi connectivity index (χ0n) is 14.6. The molecule has 144 valence electrons. The first kappa shape index (κ1) is 19.4. The number of nitrogens with one attached hydrogen (secondary N) is 1. The van der Waals surface area contributed by atoms with Crippen LogP contribution in [-0.4, -0.2) is 64.0 Å². The Bertz CT molecular complexity index is 748. The van der Waals surface area contributed by atoms with Gasteiger partial charge in [-0.3, -0.25) is 9.59 Å². The van der Waals surface area contributed by atoms with Crippen LogP contribution in [0.4, 0.5) is 0 Å². The monoisotopic (exact) mass is 374 g/mol. The van der Waals surface area contributed by atoms with Gasteiger partial charge in [0.15, 0.2) is 0 Å². The number of amides is 2. The van der Waals surface area contributed by atoms with Crippen molar-refractivity contribution in [1.29, 1.82) is 0 Å². The van der Waals surface area contributed by atoms with Gasteiger partial charge >= 0.3 is 0 Å². The van der Waals surface area contributed by atoms with Crippen LogP contribution in [0.15, 0.2) is 47.5 Å². The second-order valence-corrected chi connectivity index (χ2v) is 6.58. The van der Waals surface area contributed by atoms with E-state index in [0.29, 0.717) is 12.0 Å². The Morgan fingerprint density at radius 1 is 1.22 bits per heavy atom. The highest BCUT2D eigenvalue weighted by atomic mass is 16.6. The maximum Gasteiger partial charge on any atom is 0.278 e. The fourth-order valence-corrected chi connectivity index (χ4v) is 3.23. The summed E-state index contributed by atoms with van der Waals surface area (Å²) in [6.07, 6.45) is -0.287. The lowest BCUT2D eigenvalue weighted by molar-refractivity contribution is -0.120. The summed E-state index contributed by atoms with van der Waals surface area (Å²) in [5, 5.41) is 31.9. The molecule has 4 N–H and O–H groups in total. The van der Waals surface area contributed by atoms with E-state index in [4.69, 9.17) is 4.74 Å². The topological polar surface area (TPSA) is 128 Å². The van der Waals surface area contributed by atoms with Gasteiger partial charge in [0.2, 0.25) is 5.91 Å². The van der Waals surface area contributed by atoms with Gasteiger partial charge in [0, 0.05) is 17.9 Å².